The van der Waals surface area contributed by atoms with Gasteiger partial charge in [-0.25, -0.2) is 9.97 Å². The zero-order valence-corrected chi connectivity index (χ0v) is 18.8. The molecule has 0 unspecified atom stereocenters. The number of anilines is 2. The Morgan fingerprint density at radius 2 is 2.06 bits per heavy atom. The maximum atomic E-state index is 8.87. The molecule has 166 valence electrons. The summed E-state index contributed by atoms with van der Waals surface area (Å²) in [6.07, 6.45) is 13.3. The molecule has 1 saturated heterocycles. The summed E-state index contributed by atoms with van der Waals surface area (Å²) in [6, 6.07) is 5.77. The van der Waals surface area contributed by atoms with Gasteiger partial charge in [-0.3, -0.25) is 14.6 Å². The van der Waals surface area contributed by atoms with Crippen molar-refractivity contribution in [2.24, 2.45) is 0 Å². The minimum Gasteiger partial charge on any atom is -0.338 e. The van der Waals surface area contributed by atoms with Crippen LogP contribution in [0.2, 0.25) is 0 Å². The first-order chi connectivity index (χ1) is 15.7. The van der Waals surface area contributed by atoms with E-state index in [1.807, 2.05) is 18.3 Å². The van der Waals surface area contributed by atoms with Crippen molar-refractivity contribution in [2.75, 3.05) is 11.9 Å². The molecule has 0 spiro atoms. The van der Waals surface area contributed by atoms with E-state index >= 15 is 0 Å². The van der Waals surface area contributed by atoms with Crippen molar-refractivity contribution in [2.45, 2.75) is 65.1 Å². The van der Waals surface area contributed by atoms with Crippen LogP contribution in [-0.2, 0) is 13.1 Å². The van der Waals surface area contributed by atoms with Gasteiger partial charge in [-0.15, -0.1) is 0 Å². The average molecular weight is 431 g/mol. The molecule has 0 saturated carbocycles. The van der Waals surface area contributed by atoms with Gasteiger partial charge in [-0.05, 0) is 44.9 Å². The lowest BCUT2D eigenvalue weighted by Gasteiger charge is -2.35. The minimum absolute atomic E-state index is 0.264. The number of rotatable bonds is 8. The molecule has 8 nitrogen and oxygen atoms in total. The molecule has 3 aromatic heterocycles. The summed E-state index contributed by atoms with van der Waals surface area (Å²) in [7, 11) is 0. The topological polar surface area (TPSA) is 95.6 Å². The summed E-state index contributed by atoms with van der Waals surface area (Å²) in [5.74, 6) is 0.663. The fourth-order valence-corrected chi connectivity index (χ4v) is 4.14. The molecule has 0 aromatic carbocycles. The first kappa shape index (κ1) is 21.9. The van der Waals surface area contributed by atoms with Crippen LogP contribution in [-0.4, -0.2) is 36.2 Å². The highest BCUT2D eigenvalue weighted by atomic mass is 15.3. The lowest BCUT2D eigenvalue weighted by atomic mass is 9.99. The number of nitriles is 1. The second kappa shape index (κ2) is 10.3. The first-order valence-corrected chi connectivity index (χ1v) is 11.4. The Labute approximate surface area is 189 Å². The van der Waals surface area contributed by atoms with Crippen molar-refractivity contribution in [3.8, 4) is 6.07 Å². The van der Waals surface area contributed by atoms with Crippen LogP contribution in [0.4, 0.5) is 11.5 Å². The van der Waals surface area contributed by atoms with Gasteiger partial charge < -0.3 is 5.32 Å². The van der Waals surface area contributed by atoms with E-state index in [9.17, 15) is 0 Å². The van der Waals surface area contributed by atoms with Gasteiger partial charge in [0.2, 0.25) is 0 Å². The second-order valence-corrected chi connectivity index (χ2v) is 8.33. The normalized spacial score (nSPS) is 16.6. The molecule has 0 aliphatic carbocycles. The Bertz CT molecular complexity index is 1050. The van der Waals surface area contributed by atoms with Crippen LogP contribution >= 0.6 is 0 Å². The molecule has 8 heteroatoms. The van der Waals surface area contributed by atoms with Gasteiger partial charge in [0.25, 0.3) is 0 Å². The van der Waals surface area contributed by atoms with Crippen LogP contribution in [0.1, 0.15) is 67.7 Å². The number of hydrogen-bond donors (Lipinski definition) is 1. The van der Waals surface area contributed by atoms with Crippen molar-refractivity contribution < 1.29 is 0 Å². The van der Waals surface area contributed by atoms with E-state index in [2.05, 4.69) is 44.9 Å². The Balaban J connectivity index is 1.44. The average Bonchev–Trinajstić information content (AvgIpc) is 3.18. The molecule has 0 radical (unpaired) electrons. The highest BCUT2D eigenvalue weighted by molar-refractivity contribution is 5.54. The number of nitrogens with zero attached hydrogens (tertiary/aromatic N) is 7. The smallest absolute Gasteiger partial charge is 0.148 e. The molecule has 1 atom stereocenters. The van der Waals surface area contributed by atoms with E-state index in [-0.39, 0.29) is 6.04 Å². The van der Waals surface area contributed by atoms with E-state index in [0.29, 0.717) is 11.5 Å². The number of unbranched alkanes of at least 4 members (excludes halogenated alkanes) is 1. The lowest BCUT2D eigenvalue weighted by molar-refractivity contribution is 0.136. The third-order valence-electron chi connectivity index (χ3n) is 5.94. The Morgan fingerprint density at radius 3 is 2.78 bits per heavy atom. The van der Waals surface area contributed by atoms with Crippen molar-refractivity contribution >= 4 is 11.5 Å². The fourth-order valence-electron chi connectivity index (χ4n) is 4.14. The van der Waals surface area contributed by atoms with Crippen LogP contribution in [0, 0.1) is 18.3 Å². The summed E-state index contributed by atoms with van der Waals surface area (Å²) in [5, 5.41) is 16.8. The summed E-state index contributed by atoms with van der Waals surface area (Å²) >= 11 is 0. The highest BCUT2D eigenvalue weighted by Crippen LogP contribution is 2.31. The molecular formula is C24H30N8. The van der Waals surface area contributed by atoms with Crippen molar-refractivity contribution in [3.05, 3.63) is 59.6 Å². The standard InChI is InChI=1S/C24H30N8/c1-3-4-11-32-17-19(18(2)30-32)16-31-10-6-5-7-23(31)22-14-28-24(15-27-22)29-21-9-8-20(12-25)26-13-21/h8-9,13-15,17,23H,3-7,10-11,16H2,1-2H3,(H,28,29)/t23-/m1/s1. The predicted molar refractivity (Wildman–Crippen MR) is 123 cm³/mol. The molecule has 0 bridgehead atoms. The van der Waals surface area contributed by atoms with Gasteiger partial charge in [-0.2, -0.15) is 10.4 Å². The van der Waals surface area contributed by atoms with Gasteiger partial charge in [0.15, 0.2) is 0 Å². The molecule has 0 amide bonds. The lowest BCUT2D eigenvalue weighted by Crippen LogP contribution is -2.33. The van der Waals surface area contributed by atoms with Crippen molar-refractivity contribution in [1.82, 2.24) is 29.6 Å². The van der Waals surface area contributed by atoms with Gasteiger partial charge >= 0.3 is 0 Å². The number of likely N-dealkylation sites (tertiary alicyclic amines) is 1. The predicted octanol–water partition coefficient (Wildman–Crippen LogP) is 4.52. The van der Waals surface area contributed by atoms with Crippen LogP contribution in [0.15, 0.2) is 36.9 Å². The molecular weight excluding hydrogens is 400 g/mol. The van der Waals surface area contributed by atoms with Crippen molar-refractivity contribution in [3.63, 3.8) is 0 Å². The number of hydrogen-bond acceptors (Lipinski definition) is 7. The van der Waals surface area contributed by atoms with Crippen LogP contribution in [0.5, 0.6) is 0 Å². The summed E-state index contributed by atoms with van der Waals surface area (Å²) in [4.78, 5) is 15.9. The number of aryl methyl sites for hydroxylation is 2. The number of aromatic nitrogens is 5. The molecule has 32 heavy (non-hydrogen) atoms. The number of pyridine rings is 1. The second-order valence-electron chi connectivity index (χ2n) is 8.33. The van der Waals surface area contributed by atoms with Crippen LogP contribution in [0.25, 0.3) is 0 Å². The molecule has 1 fully saturated rings. The van der Waals surface area contributed by atoms with E-state index in [1.165, 1.54) is 24.8 Å². The Kier molecular flexibility index (Phi) is 7.07. The van der Waals surface area contributed by atoms with E-state index in [1.54, 1.807) is 18.5 Å². The minimum atomic E-state index is 0.264. The van der Waals surface area contributed by atoms with Gasteiger partial charge in [0, 0.05) is 24.8 Å². The quantitative estimate of drug-likeness (QED) is 0.561. The molecule has 1 N–H and O–H groups in total. The van der Waals surface area contributed by atoms with E-state index in [0.717, 1.165) is 49.6 Å². The van der Waals surface area contributed by atoms with E-state index < -0.39 is 0 Å². The Hall–Kier alpha value is -3.31. The molecule has 3 aromatic rings. The summed E-state index contributed by atoms with van der Waals surface area (Å²) in [5.41, 5.74) is 4.59. The molecule has 1 aliphatic rings. The van der Waals surface area contributed by atoms with Crippen LogP contribution in [0.3, 0.4) is 0 Å². The van der Waals surface area contributed by atoms with Gasteiger partial charge in [-0.1, -0.05) is 19.8 Å². The number of nitrogens with one attached hydrogen (secondary N) is 1. The molecule has 1 aliphatic heterocycles. The number of piperidine rings is 1. The summed E-state index contributed by atoms with van der Waals surface area (Å²) < 4.78 is 2.09. The fraction of sp³-hybridized carbons (Fsp3) is 0.458. The largest absolute Gasteiger partial charge is 0.338 e. The monoisotopic (exact) mass is 430 g/mol. The van der Waals surface area contributed by atoms with E-state index in [4.69, 9.17) is 15.3 Å². The maximum Gasteiger partial charge on any atom is 0.148 e. The third kappa shape index (κ3) is 5.29. The SMILES string of the molecule is CCCCn1cc(CN2CCCC[C@@H]2c2cnc(Nc3ccc(C#N)nc3)cn2)c(C)n1. The van der Waals surface area contributed by atoms with Gasteiger partial charge in [0.05, 0.1) is 41.7 Å². The highest BCUT2D eigenvalue weighted by Gasteiger charge is 2.26. The maximum absolute atomic E-state index is 8.87. The zero-order valence-electron chi connectivity index (χ0n) is 18.8. The summed E-state index contributed by atoms with van der Waals surface area (Å²) in [6.45, 7) is 7.24. The van der Waals surface area contributed by atoms with Gasteiger partial charge in [0.1, 0.15) is 17.6 Å². The first-order valence-electron chi connectivity index (χ1n) is 11.4. The van der Waals surface area contributed by atoms with Crippen molar-refractivity contribution in [1.29, 1.82) is 5.26 Å². The molecule has 4 heterocycles. The zero-order chi connectivity index (χ0) is 22.3. The molecule has 4 rings (SSSR count). The third-order valence-corrected chi connectivity index (χ3v) is 5.94. The van der Waals surface area contributed by atoms with Crippen LogP contribution < -0.4 is 5.32 Å². The Morgan fingerprint density at radius 1 is 1.16 bits per heavy atom.